The fourth-order valence-corrected chi connectivity index (χ4v) is 3.28. The predicted octanol–water partition coefficient (Wildman–Crippen LogP) is 3.53. The van der Waals surface area contributed by atoms with Gasteiger partial charge < -0.3 is 9.72 Å². The summed E-state index contributed by atoms with van der Waals surface area (Å²) in [5, 5.41) is 11.2. The number of imidazole rings is 1. The Bertz CT molecular complexity index is 1120. The molecule has 3 heterocycles. The van der Waals surface area contributed by atoms with E-state index >= 15 is 0 Å². The van der Waals surface area contributed by atoms with Gasteiger partial charge in [0.25, 0.3) is 0 Å². The highest BCUT2D eigenvalue weighted by Crippen LogP contribution is 2.32. The quantitative estimate of drug-likeness (QED) is 0.603. The number of carbonyl (C=O) groups excluding carboxylic acids is 1. The lowest BCUT2D eigenvalue weighted by Crippen LogP contribution is -2.13. The Morgan fingerprint density at radius 3 is 2.96 bits per heavy atom. The van der Waals surface area contributed by atoms with Gasteiger partial charge in [-0.3, -0.25) is 9.89 Å². The molecule has 5 rings (SSSR count). The standard InChI is InChI=1S/C19H17N5O/c1-11-2-6-15-14(8-20-23-15)18(11)13-5-7-17-21-16(10-24(17)9-13)22-19(25)12-3-4-12/h2,5-10,12H,3-4H2,1H3,(H,20,23)(H,22,25). The molecular weight excluding hydrogens is 314 g/mol. The van der Waals surface area contributed by atoms with Gasteiger partial charge in [0.2, 0.25) is 5.91 Å². The van der Waals surface area contributed by atoms with Gasteiger partial charge in [-0.2, -0.15) is 5.10 Å². The zero-order chi connectivity index (χ0) is 17.0. The third-order valence-electron chi connectivity index (χ3n) is 4.77. The minimum Gasteiger partial charge on any atom is -0.309 e. The van der Waals surface area contributed by atoms with Crippen molar-refractivity contribution in [3.63, 3.8) is 0 Å². The maximum absolute atomic E-state index is 11.9. The molecule has 1 saturated carbocycles. The van der Waals surface area contributed by atoms with Gasteiger partial charge in [0.05, 0.1) is 17.9 Å². The molecule has 2 N–H and O–H groups in total. The smallest absolute Gasteiger partial charge is 0.228 e. The summed E-state index contributed by atoms with van der Waals surface area (Å²) < 4.78 is 1.95. The molecule has 1 aromatic carbocycles. The molecule has 1 amide bonds. The van der Waals surface area contributed by atoms with Crippen LogP contribution in [0.3, 0.4) is 0 Å². The number of fused-ring (bicyclic) bond motifs is 2. The Labute approximate surface area is 143 Å². The number of aromatic amines is 1. The number of nitrogens with one attached hydrogen (secondary N) is 2. The lowest BCUT2D eigenvalue weighted by Gasteiger charge is -2.08. The molecule has 25 heavy (non-hydrogen) atoms. The van der Waals surface area contributed by atoms with Crippen molar-refractivity contribution in [2.45, 2.75) is 19.8 Å². The van der Waals surface area contributed by atoms with Crippen molar-refractivity contribution in [2.24, 2.45) is 5.92 Å². The van der Waals surface area contributed by atoms with Gasteiger partial charge >= 0.3 is 0 Å². The van der Waals surface area contributed by atoms with Crippen LogP contribution in [-0.4, -0.2) is 25.5 Å². The van der Waals surface area contributed by atoms with Crippen LogP contribution in [-0.2, 0) is 4.79 Å². The Morgan fingerprint density at radius 1 is 1.24 bits per heavy atom. The van der Waals surface area contributed by atoms with Gasteiger partial charge in [-0.15, -0.1) is 0 Å². The van der Waals surface area contributed by atoms with Crippen molar-refractivity contribution >= 4 is 28.3 Å². The second-order valence-electron chi connectivity index (χ2n) is 6.66. The lowest BCUT2D eigenvalue weighted by molar-refractivity contribution is -0.117. The summed E-state index contributed by atoms with van der Waals surface area (Å²) in [5.41, 5.74) is 5.27. The number of pyridine rings is 1. The lowest BCUT2D eigenvalue weighted by atomic mass is 9.98. The first-order valence-electron chi connectivity index (χ1n) is 8.42. The third kappa shape index (κ3) is 2.38. The molecular formula is C19H17N5O. The number of rotatable bonds is 3. The molecule has 1 aliphatic carbocycles. The molecule has 0 aliphatic heterocycles. The van der Waals surface area contributed by atoms with Crippen LogP contribution in [0.5, 0.6) is 0 Å². The molecule has 0 spiro atoms. The molecule has 6 nitrogen and oxygen atoms in total. The molecule has 0 atom stereocenters. The highest BCUT2D eigenvalue weighted by molar-refractivity contribution is 5.96. The summed E-state index contributed by atoms with van der Waals surface area (Å²) in [6, 6.07) is 8.17. The highest BCUT2D eigenvalue weighted by Gasteiger charge is 2.30. The normalized spacial score (nSPS) is 14.3. The summed E-state index contributed by atoms with van der Waals surface area (Å²) in [7, 11) is 0. The van der Waals surface area contributed by atoms with E-state index in [1.54, 1.807) is 0 Å². The Morgan fingerprint density at radius 2 is 2.12 bits per heavy atom. The maximum Gasteiger partial charge on any atom is 0.228 e. The Kier molecular flexibility index (Phi) is 2.94. The van der Waals surface area contributed by atoms with Crippen LogP contribution in [0, 0.1) is 12.8 Å². The molecule has 0 unspecified atom stereocenters. The molecule has 3 aromatic heterocycles. The fourth-order valence-electron chi connectivity index (χ4n) is 3.28. The molecule has 0 radical (unpaired) electrons. The maximum atomic E-state index is 11.9. The van der Waals surface area contributed by atoms with Gasteiger partial charge in [-0.05, 0) is 54.7 Å². The summed E-state index contributed by atoms with van der Waals surface area (Å²) in [4.78, 5) is 16.4. The molecule has 124 valence electrons. The number of carbonyl (C=O) groups is 1. The van der Waals surface area contributed by atoms with E-state index in [0.29, 0.717) is 5.82 Å². The van der Waals surface area contributed by atoms with E-state index in [2.05, 4.69) is 39.6 Å². The van der Waals surface area contributed by atoms with E-state index in [1.807, 2.05) is 35.1 Å². The largest absolute Gasteiger partial charge is 0.309 e. The minimum absolute atomic E-state index is 0.0719. The Hall–Kier alpha value is -3.15. The molecule has 0 saturated heterocycles. The average molecular weight is 331 g/mol. The van der Waals surface area contributed by atoms with E-state index in [0.717, 1.165) is 40.5 Å². The van der Waals surface area contributed by atoms with Crippen LogP contribution >= 0.6 is 0 Å². The van der Waals surface area contributed by atoms with E-state index in [1.165, 1.54) is 5.56 Å². The third-order valence-corrected chi connectivity index (χ3v) is 4.77. The second-order valence-corrected chi connectivity index (χ2v) is 6.66. The number of hydrogen-bond acceptors (Lipinski definition) is 3. The second kappa shape index (κ2) is 5.17. The van der Waals surface area contributed by atoms with Crippen LogP contribution in [0.2, 0.25) is 0 Å². The van der Waals surface area contributed by atoms with E-state index in [-0.39, 0.29) is 11.8 Å². The summed E-state index contributed by atoms with van der Waals surface area (Å²) in [6.45, 7) is 2.10. The number of amides is 1. The monoisotopic (exact) mass is 331 g/mol. The van der Waals surface area contributed by atoms with Crippen molar-refractivity contribution in [1.29, 1.82) is 0 Å². The number of nitrogens with zero attached hydrogens (tertiary/aromatic N) is 3. The van der Waals surface area contributed by atoms with Crippen LogP contribution < -0.4 is 5.32 Å². The first-order valence-corrected chi connectivity index (χ1v) is 8.42. The van der Waals surface area contributed by atoms with Gasteiger partial charge in [-0.25, -0.2) is 4.98 Å². The topological polar surface area (TPSA) is 75.1 Å². The number of hydrogen-bond donors (Lipinski definition) is 2. The molecule has 1 fully saturated rings. The van der Waals surface area contributed by atoms with Gasteiger partial charge in [-0.1, -0.05) is 6.07 Å². The average Bonchev–Trinajstić information content (AvgIpc) is 3.22. The van der Waals surface area contributed by atoms with Crippen molar-refractivity contribution < 1.29 is 4.79 Å². The van der Waals surface area contributed by atoms with Crippen molar-refractivity contribution in [3.8, 4) is 11.1 Å². The minimum atomic E-state index is 0.0719. The fraction of sp³-hybridized carbons (Fsp3) is 0.211. The number of benzene rings is 1. The van der Waals surface area contributed by atoms with Crippen molar-refractivity contribution in [1.82, 2.24) is 19.6 Å². The summed E-state index contributed by atoms with van der Waals surface area (Å²) >= 11 is 0. The highest BCUT2D eigenvalue weighted by atomic mass is 16.2. The Balaban J connectivity index is 1.58. The SMILES string of the molecule is Cc1ccc2[nH]ncc2c1-c1ccc2nc(NC(=O)C3CC3)cn2c1. The van der Waals surface area contributed by atoms with Gasteiger partial charge in [0.1, 0.15) is 5.65 Å². The summed E-state index contributed by atoms with van der Waals surface area (Å²) in [5.74, 6) is 0.844. The van der Waals surface area contributed by atoms with E-state index in [4.69, 9.17) is 0 Å². The van der Waals surface area contributed by atoms with Crippen LogP contribution in [0.15, 0.2) is 42.9 Å². The van der Waals surface area contributed by atoms with Crippen molar-refractivity contribution in [3.05, 3.63) is 48.4 Å². The summed E-state index contributed by atoms with van der Waals surface area (Å²) in [6.07, 6.45) is 7.74. The molecule has 4 aromatic rings. The number of anilines is 1. The predicted molar refractivity (Wildman–Crippen MR) is 96.4 cm³/mol. The number of aromatic nitrogens is 4. The van der Waals surface area contributed by atoms with Crippen LogP contribution in [0.1, 0.15) is 18.4 Å². The first kappa shape index (κ1) is 14.2. The van der Waals surface area contributed by atoms with Crippen LogP contribution in [0.4, 0.5) is 5.82 Å². The first-order chi connectivity index (χ1) is 12.2. The molecule has 0 bridgehead atoms. The van der Waals surface area contributed by atoms with Crippen LogP contribution in [0.25, 0.3) is 27.7 Å². The van der Waals surface area contributed by atoms with Gasteiger partial charge in [0.15, 0.2) is 5.82 Å². The van der Waals surface area contributed by atoms with Crippen molar-refractivity contribution in [2.75, 3.05) is 5.32 Å². The number of aryl methyl sites for hydroxylation is 1. The molecule has 1 aliphatic rings. The number of H-pyrrole nitrogens is 1. The van der Waals surface area contributed by atoms with E-state index < -0.39 is 0 Å². The molecule has 6 heteroatoms. The zero-order valence-corrected chi connectivity index (χ0v) is 13.8. The van der Waals surface area contributed by atoms with E-state index in [9.17, 15) is 4.79 Å². The van der Waals surface area contributed by atoms with Gasteiger partial charge in [0, 0.05) is 17.5 Å². The zero-order valence-electron chi connectivity index (χ0n) is 13.8.